The van der Waals surface area contributed by atoms with E-state index in [-0.39, 0.29) is 0 Å². The van der Waals surface area contributed by atoms with Crippen molar-refractivity contribution in [3.8, 4) is 0 Å². The van der Waals surface area contributed by atoms with E-state index in [1.54, 1.807) is 5.56 Å². The van der Waals surface area contributed by atoms with E-state index in [1.807, 2.05) is 0 Å². The van der Waals surface area contributed by atoms with Crippen LogP contribution in [0.5, 0.6) is 0 Å². The molecule has 0 aromatic heterocycles. The third kappa shape index (κ3) is 1.15. The van der Waals surface area contributed by atoms with Crippen molar-refractivity contribution in [3.05, 3.63) is 29.3 Å². The molecular formula is C13H17N. The minimum atomic E-state index is 0.320. The number of fused-ring (bicyclic) bond motifs is 1. The molecule has 2 aliphatic rings. The summed E-state index contributed by atoms with van der Waals surface area (Å²) in [5, 5.41) is 3.48. The molecule has 0 spiro atoms. The lowest BCUT2D eigenvalue weighted by Gasteiger charge is -2.17. The molecule has 1 aromatic carbocycles. The molecule has 1 N–H and O–H groups in total. The molecule has 0 bridgehead atoms. The second kappa shape index (κ2) is 2.53. The van der Waals surface area contributed by atoms with Crippen LogP contribution < -0.4 is 5.32 Å². The number of benzene rings is 1. The van der Waals surface area contributed by atoms with Crippen LogP contribution in [0.15, 0.2) is 18.2 Å². The third-order valence-corrected chi connectivity index (χ3v) is 3.54. The number of anilines is 1. The molecule has 0 saturated heterocycles. The molecule has 1 saturated carbocycles. The molecule has 0 unspecified atom stereocenters. The molecule has 14 heavy (non-hydrogen) atoms. The molecule has 3 rings (SSSR count). The van der Waals surface area contributed by atoms with Gasteiger partial charge < -0.3 is 5.32 Å². The summed E-state index contributed by atoms with van der Waals surface area (Å²) in [6.07, 6.45) is 2.79. The van der Waals surface area contributed by atoms with Crippen molar-refractivity contribution in [2.45, 2.75) is 38.0 Å². The molecule has 1 aliphatic carbocycles. The third-order valence-electron chi connectivity index (χ3n) is 3.54. The van der Waals surface area contributed by atoms with E-state index in [1.165, 1.54) is 24.1 Å². The van der Waals surface area contributed by atoms with Crippen molar-refractivity contribution in [1.29, 1.82) is 0 Å². The first-order valence-corrected chi connectivity index (χ1v) is 5.55. The van der Waals surface area contributed by atoms with E-state index in [9.17, 15) is 0 Å². The van der Waals surface area contributed by atoms with Gasteiger partial charge in [-0.15, -0.1) is 0 Å². The van der Waals surface area contributed by atoms with Crippen LogP contribution in [0.2, 0.25) is 0 Å². The topological polar surface area (TPSA) is 12.0 Å². The van der Waals surface area contributed by atoms with Gasteiger partial charge in [-0.25, -0.2) is 0 Å². The minimum Gasteiger partial charge on any atom is -0.384 e. The molecule has 1 heteroatoms. The molecule has 1 fully saturated rings. The lowest BCUT2D eigenvalue weighted by Crippen LogP contribution is -2.19. The SMILES string of the molecule is CC1(C)CNc2ccc(C3CC3)cc21. The van der Waals surface area contributed by atoms with E-state index in [0.29, 0.717) is 5.41 Å². The Balaban J connectivity index is 2.08. The number of rotatable bonds is 1. The zero-order valence-electron chi connectivity index (χ0n) is 8.93. The molecule has 1 heterocycles. The van der Waals surface area contributed by atoms with E-state index in [0.717, 1.165) is 12.5 Å². The molecule has 1 aliphatic heterocycles. The van der Waals surface area contributed by atoms with E-state index in [2.05, 4.69) is 37.4 Å². The molecule has 74 valence electrons. The number of hydrogen-bond donors (Lipinski definition) is 1. The summed E-state index contributed by atoms with van der Waals surface area (Å²) < 4.78 is 0. The summed E-state index contributed by atoms with van der Waals surface area (Å²) in [5.74, 6) is 0.872. The van der Waals surface area contributed by atoms with Crippen LogP contribution in [0.4, 0.5) is 5.69 Å². The van der Waals surface area contributed by atoms with Gasteiger partial charge in [-0.05, 0) is 36.0 Å². The molecular weight excluding hydrogens is 170 g/mol. The van der Waals surface area contributed by atoms with Gasteiger partial charge in [0.25, 0.3) is 0 Å². The Hall–Kier alpha value is -0.980. The van der Waals surface area contributed by atoms with Gasteiger partial charge in [0.2, 0.25) is 0 Å². The van der Waals surface area contributed by atoms with Gasteiger partial charge in [0.15, 0.2) is 0 Å². The predicted octanol–water partition coefficient (Wildman–Crippen LogP) is 3.27. The highest BCUT2D eigenvalue weighted by Crippen LogP contribution is 2.44. The lowest BCUT2D eigenvalue weighted by molar-refractivity contribution is 0.585. The van der Waals surface area contributed by atoms with Gasteiger partial charge in [-0.1, -0.05) is 26.0 Å². The Morgan fingerprint density at radius 3 is 2.79 bits per heavy atom. The fraction of sp³-hybridized carbons (Fsp3) is 0.538. The van der Waals surface area contributed by atoms with Crippen LogP contribution in [-0.2, 0) is 5.41 Å². The Morgan fingerprint density at radius 2 is 2.07 bits per heavy atom. The van der Waals surface area contributed by atoms with Crippen molar-refractivity contribution in [1.82, 2.24) is 0 Å². The van der Waals surface area contributed by atoms with E-state index in [4.69, 9.17) is 0 Å². The lowest BCUT2D eigenvalue weighted by atomic mass is 9.86. The first-order valence-electron chi connectivity index (χ1n) is 5.55. The highest BCUT2D eigenvalue weighted by molar-refractivity contribution is 5.61. The van der Waals surface area contributed by atoms with Gasteiger partial charge in [-0.2, -0.15) is 0 Å². The maximum absolute atomic E-state index is 3.48. The number of hydrogen-bond acceptors (Lipinski definition) is 1. The van der Waals surface area contributed by atoms with Gasteiger partial charge in [-0.3, -0.25) is 0 Å². The predicted molar refractivity (Wildman–Crippen MR) is 59.9 cm³/mol. The van der Waals surface area contributed by atoms with Gasteiger partial charge in [0.05, 0.1) is 0 Å². The van der Waals surface area contributed by atoms with Crippen LogP contribution in [0.3, 0.4) is 0 Å². The normalized spacial score (nSPS) is 23.0. The molecule has 1 nitrogen and oxygen atoms in total. The molecule has 0 radical (unpaired) electrons. The van der Waals surface area contributed by atoms with Gasteiger partial charge in [0, 0.05) is 17.6 Å². The standard InChI is InChI=1S/C13H17N/c1-13(2)8-14-12-6-5-10(7-11(12)13)9-3-4-9/h5-7,9,14H,3-4,8H2,1-2H3. The van der Waals surface area contributed by atoms with Gasteiger partial charge >= 0.3 is 0 Å². The fourth-order valence-corrected chi connectivity index (χ4v) is 2.36. The Morgan fingerprint density at radius 1 is 1.29 bits per heavy atom. The number of nitrogens with one attached hydrogen (secondary N) is 1. The maximum atomic E-state index is 3.48. The summed E-state index contributed by atoms with van der Waals surface area (Å²) in [7, 11) is 0. The van der Waals surface area contributed by atoms with Crippen LogP contribution >= 0.6 is 0 Å². The maximum Gasteiger partial charge on any atom is 0.0379 e. The summed E-state index contributed by atoms with van der Waals surface area (Å²) in [6, 6.07) is 6.98. The van der Waals surface area contributed by atoms with Crippen molar-refractivity contribution in [2.24, 2.45) is 0 Å². The smallest absolute Gasteiger partial charge is 0.0379 e. The molecule has 1 aromatic rings. The zero-order chi connectivity index (χ0) is 9.76. The summed E-state index contributed by atoms with van der Waals surface area (Å²) >= 11 is 0. The monoisotopic (exact) mass is 187 g/mol. The quantitative estimate of drug-likeness (QED) is 0.711. The van der Waals surface area contributed by atoms with Crippen molar-refractivity contribution < 1.29 is 0 Å². The Bertz CT molecular complexity index is 375. The average molecular weight is 187 g/mol. The van der Waals surface area contributed by atoms with E-state index < -0.39 is 0 Å². The zero-order valence-corrected chi connectivity index (χ0v) is 8.93. The van der Waals surface area contributed by atoms with Gasteiger partial charge in [0.1, 0.15) is 0 Å². The molecule has 0 amide bonds. The fourth-order valence-electron chi connectivity index (χ4n) is 2.36. The summed E-state index contributed by atoms with van der Waals surface area (Å²) in [5.41, 5.74) is 4.74. The molecule has 0 atom stereocenters. The first kappa shape index (κ1) is 8.34. The largest absolute Gasteiger partial charge is 0.384 e. The van der Waals surface area contributed by atoms with Crippen LogP contribution in [-0.4, -0.2) is 6.54 Å². The minimum absolute atomic E-state index is 0.320. The summed E-state index contributed by atoms with van der Waals surface area (Å²) in [6.45, 7) is 5.72. The average Bonchev–Trinajstić information content (AvgIpc) is 2.94. The first-order chi connectivity index (χ1) is 6.67. The summed E-state index contributed by atoms with van der Waals surface area (Å²) in [4.78, 5) is 0. The van der Waals surface area contributed by atoms with Crippen LogP contribution in [0, 0.1) is 0 Å². The Labute approximate surface area is 85.5 Å². The highest BCUT2D eigenvalue weighted by Gasteiger charge is 2.31. The van der Waals surface area contributed by atoms with Crippen molar-refractivity contribution >= 4 is 5.69 Å². The van der Waals surface area contributed by atoms with E-state index >= 15 is 0 Å². The second-order valence-electron chi connectivity index (χ2n) is 5.32. The second-order valence-corrected chi connectivity index (χ2v) is 5.32. The van der Waals surface area contributed by atoms with Crippen LogP contribution in [0.1, 0.15) is 43.7 Å². The van der Waals surface area contributed by atoms with Crippen LogP contribution in [0.25, 0.3) is 0 Å². The highest BCUT2D eigenvalue weighted by atomic mass is 14.9. The van der Waals surface area contributed by atoms with Crippen molar-refractivity contribution in [3.63, 3.8) is 0 Å². The Kier molecular flexibility index (Phi) is 1.51. The van der Waals surface area contributed by atoms with Crippen molar-refractivity contribution in [2.75, 3.05) is 11.9 Å².